The van der Waals surface area contributed by atoms with Gasteiger partial charge in [0.25, 0.3) is 0 Å². The minimum absolute atomic E-state index is 0.0719. The highest BCUT2D eigenvalue weighted by Crippen LogP contribution is 2.44. The van der Waals surface area contributed by atoms with Crippen LogP contribution in [-0.4, -0.2) is 42.3 Å². The van der Waals surface area contributed by atoms with Gasteiger partial charge in [0.05, 0.1) is 5.92 Å². The molecule has 1 aliphatic carbocycles. The number of hydrogen-bond donors (Lipinski definition) is 3. The summed E-state index contributed by atoms with van der Waals surface area (Å²) >= 11 is 0. The van der Waals surface area contributed by atoms with Crippen LogP contribution in [0.1, 0.15) is 36.8 Å². The number of alkyl carbamates (subject to hydrolysis) is 1. The fourth-order valence-electron chi connectivity index (χ4n) is 3.84. The number of carboxylic acid groups (broad SMARTS) is 1. The van der Waals surface area contributed by atoms with Gasteiger partial charge in [-0.05, 0) is 35.1 Å². The zero-order valence-corrected chi connectivity index (χ0v) is 18.0. The fraction of sp³-hybridized carbons (Fsp3) is 0.320. The number of ether oxygens (including phenoxy) is 1. The monoisotopic (exact) mass is 436 g/mol. The fourth-order valence-corrected chi connectivity index (χ4v) is 3.84. The summed E-state index contributed by atoms with van der Waals surface area (Å²) in [5.41, 5.74) is 4.48. The third-order valence-corrected chi connectivity index (χ3v) is 5.65. The molecule has 2 unspecified atom stereocenters. The van der Waals surface area contributed by atoms with Crippen LogP contribution in [0.5, 0.6) is 0 Å². The van der Waals surface area contributed by atoms with E-state index in [9.17, 15) is 14.4 Å². The molecule has 3 N–H and O–H groups in total. The molecule has 3 rings (SSSR count). The lowest BCUT2D eigenvalue weighted by molar-refractivity contribution is -0.141. The van der Waals surface area contributed by atoms with Gasteiger partial charge in [0.1, 0.15) is 12.6 Å². The van der Waals surface area contributed by atoms with Crippen molar-refractivity contribution in [3.63, 3.8) is 0 Å². The zero-order chi connectivity index (χ0) is 23.1. The maximum Gasteiger partial charge on any atom is 0.407 e. The van der Waals surface area contributed by atoms with Gasteiger partial charge >= 0.3 is 12.1 Å². The summed E-state index contributed by atoms with van der Waals surface area (Å²) in [7, 11) is 0. The standard InChI is InChI=1S/C25H28N2O5/c1-3-8-22(23(28)26-14-13-16(2)24(29)30)27-25(31)32-15-21-19-11-6-4-9-17(19)18-10-5-7-12-20(18)21/h3-7,9-12,16,21-22H,1,8,13-15H2,2H3,(H,26,28)(H,27,31)(H,29,30). The molecule has 2 amide bonds. The normalized spacial score (nSPS) is 13.9. The van der Waals surface area contributed by atoms with Crippen molar-refractivity contribution in [3.8, 4) is 11.1 Å². The van der Waals surface area contributed by atoms with Crippen molar-refractivity contribution in [2.45, 2.75) is 31.7 Å². The smallest absolute Gasteiger partial charge is 0.407 e. The number of nitrogens with one attached hydrogen (secondary N) is 2. The quantitative estimate of drug-likeness (QED) is 0.493. The van der Waals surface area contributed by atoms with Crippen LogP contribution in [0.2, 0.25) is 0 Å². The lowest BCUT2D eigenvalue weighted by Crippen LogP contribution is -2.47. The van der Waals surface area contributed by atoms with Crippen LogP contribution in [0.3, 0.4) is 0 Å². The Balaban J connectivity index is 1.57. The Morgan fingerprint density at radius 1 is 1.09 bits per heavy atom. The maximum atomic E-state index is 12.5. The Morgan fingerprint density at radius 2 is 1.69 bits per heavy atom. The number of carbonyl (C=O) groups excluding carboxylic acids is 2. The van der Waals surface area contributed by atoms with Crippen LogP contribution in [0, 0.1) is 5.92 Å². The number of aliphatic carboxylic acids is 1. The first kappa shape index (κ1) is 23.1. The predicted octanol–water partition coefficient (Wildman–Crippen LogP) is 3.70. The highest BCUT2D eigenvalue weighted by atomic mass is 16.5. The Hall–Kier alpha value is -3.61. The predicted molar refractivity (Wildman–Crippen MR) is 121 cm³/mol. The molecule has 0 spiro atoms. The third kappa shape index (κ3) is 5.35. The lowest BCUT2D eigenvalue weighted by Gasteiger charge is -2.19. The van der Waals surface area contributed by atoms with Gasteiger partial charge in [-0.15, -0.1) is 6.58 Å². The zero-order valence-electron chi connectivity index (χ0n) is 18.0. The van der Waals surface area contributed by atoms with Gasteiger partial charge in [0.15, 0.2) is 0 Å². The summed E-state index contributed by atoms with van der Waals surface area (Å²) in [6.45, 7) is 5.56. The summed E-state index contributed by atoms with van der Waals surface area (Å²) in [6.07, 6.45) is 1.37. The molecule has 0 saturated heterocycles. The minimum Gasteiger partial charge on any atom is -0.481 e. The number of amides is 2. The van der Waals surface area contributed by atoms with Crippen LogP contribution >= 0.6 is 0 Å². The second-order valence-corrected chi connectivity index (χ2v) is 7.87. The molecule has 0 aromatic heterocycles. The molecule has 2 aromatic rings. The first-order valence-electron chi connectivity index (χ1n) is 10.6. The van der Waals surface area contributed by atoms with Crippen LogP contribution in [-0.2, 0) is 14.3 Å². The second kappa shape index (κ2) is 10.6. The highest BCUT2D eigenvalue weighted by molar-refractivity contribution is 5.86. The maximum absolute atomic E-state index is 12.5. The summed E-state index contributed by atoms with van der Waals surface area (Å²) < 4.78 is 5.50. The van der Waals surface area contributed by atoms with E-state index in [0.717, 1.165) is 22.3 Å². The summed E-state index contributed by atoms with van der Waals surface area (Å²) in [5.74, 6) is -1.96. The van der Waals surface area contributed by atoms with E-state index >= 15 is 0 Å². The molecule has 0 radical (unpaired) electrons. The van der Waals surface area contributed by atoms with Crippen LogP contribution < -0.4 is 10.6 Å². The molecule has 2 atom stereocenters. The van der Waals surface area contributed by atoms with Crippen molar-refractivity contribution >= 4 is 18.0 Å². The Bertz CT molecular complexity index is 958. The van der Waals surface area contributed by atoms with E-state index in [1.807, 2.05) is 36.4 Å². The molecule has 2 aromatic carbocycles. The topological polar surface area (TPSA) is 105 Å². The number of carbonyl (C=O) groups is 3. The molecule has 7 nitrogen and oxygen atoms in total. The van der Waals surface area contributed by atoms with E-state index in [-0.39, 0.29) is 25.5 Å². The van der Waals surface area contributed by atoms with Crippen molar-refractivity contribution in [1.29, 1.82) is 0 Å². The molecule has 0 saturated carbocycles. The number of rotatable bonds is 10. The van der Waals surface area contributed by atoms with Crippen molar-refractivity contribution in [2.24, 2.45) is 5.92 Å². The van der Waals surface area contributed by atoms with E-state index in [0.29, 0.717) is 6.42 Å². The average molecular weight is 437 g/mol. The molecule has 7 heteroatoms. The molecule has 32 heavy (non-hydrogen) atoms. The molecule has 168 valence electrons. The Kier molecular flexibility index (Phi) is 7.65. The molecule has 0 bridgehead atoms. The first-order valence-corrected chi connectivity index (χ1v) is 10.6. The van der Waals surface area contributed by atoms with Crippen molar-refractivity contribution in [1.82, 2.24) is 10.6 Å². The number of hydrogen-bond acceptors (Lipinski definition) is 4. The number of fused-ring (bicyclic) bond motifs is 3. The first-order chi connectivity index (χ1) is 15.4. The Morgan fingerprint density at radius 3 is 2.25 bits per heavy atom. The average Bonchev–Trinajstić information content (AvgIpc) is 3.11. The molecule has 0 heterocycles. The summed E-state index contributed by atoms with van der Waals surface area (Å²) in [6, 6.07) is 15.3. The minimum atomic E-state index is -0.918. The van der Waals surface area contributed by atoms with Crippen molar-refractivity contribution < 1.29 is 24.2 Å². The van der Waals surface area contributed by atoms with Gasteiger partial charge in [-0.1, -0.05) is 61.5 Å². The van der Waals surface area contributed by atoms with Gasteiger partial charge < -0.3 is 20.5 Å². The lowest BCUT2D eigenvalue weighted by atomic mass is 9.98. The van der Waals surface area contributed by atoms with Gasteiger partial charge in [0.2, 0.25) is 5.91 Å². The molecular formula is C25H28N2O5. The van der Waals surface area contributed by atoms with Crippen molar-refractivity contribution in [2.75, 3.05) is 13.2 Å². The number of benzene rings is 2. The summed E-state index contributed by atoms with van der Waals surface area (Å²) in [4.78, 5) is 35.8. The molecule has 0 aliphatic heterocycles. The van der Waals surface area contributed by atoms with E-state index in [1.165, 1.54) is 6.08 Å². The van der Waals surface area contributed by atoms with Crippen LogP contribution in [0.4, 0.5) is 4.79 Å². The molecule has 0 fully saturated rings. The van der Waals surface area contributed by atoms with Gasteiger partial charge in [-0.25, -0.2) is 4.79 Å². The SMILES string of the molecule is C=CCC(NC(=O)OCC1c2ccccc2-c2ccccc21)C(=O)NCCC(C)C(=O)O. The van der Waals surface area contributed by atoms with E-state index < -0.39 is 29.9 Å². The molecule has 1 aliphatic rings. The number of carboxylic acids is 1. The highest BCUT2D eigenvalue weighted by Gasteiger charge is 2.29. The summed E-state index contributed by atoms with van der Waals surface area (Å²) in [5, 5.41) is 14.2. The Labute approximate surface area is 187 Å². The van der Waals surface area contributed by atoms with Crippen molar-refractivity contribution in [3.05, 3.63) is 72.3 Å². The molecular weight excluding hydrogens is 408 g/mol. The van der Waals surface area contributed by atoms with Gasteiger partial charge in [0, 0.05) is 12.5 Å². The van der Waals surface area contributed by atoms with Crippen LogP contribution in [0.15, 0.2) is 61.2 Å². The third-order valence-electron chi connectivity index (χ3n) is 5.65. The van der Waals surface area contributed by atoms with E-state index in [4.69, 9.17) is 9.84 Å². The van der Waals surface area contributed by atoms with Crippen LogP contribution in [0.25, 0.3) is 11.1 Å². The van der Waals surface area contributed by atoms with Gasteiger partial charge in [-0.2, -0.15) is 0 Å². The second-order valence-electron chi connectivity index (χ2n) is 7.87. The largest absolute Gasteiger partial charge is 0.481 e. The van der Waals surface area contributed by atoms with E-state index in [2.05, 4.69) is 29.3 Å². The van der Waals surface area contributed by atoms with E-state index in [1.54, 1.807) is 6.92 Å². The van der Waals surface area contributed by atoms with Gasteiger partial charge in [-0.3, -0.25) is 9.59 Å².